The molecule has 0 fully saturated rings. The first-order chi connectivity index (χ1) is 9.70. The van der Waals surface area contributed by atoms with Crippen molar-refractivity contribution in [3.05, 3.63) is 45.4 Å². The summed E-state index contributed by atoms with van der Waals surface area (Å²) in [6.07, 6.45) is 0. The molecule has 0 amide bonds. The van der Waals surface area contributed by atoms with Crippen LogP contribution in [-0.2, 0) is 5.75 Å². The van der Waals surface area contributed by atoms with E-state index in [1.54, 1.807) is 23.5 Å². The molecule has 0 aliphatic carbocycles. The van der Waals surface area contributed by atoms with Crippen molar-refractivity contribution >= 4 is 34.7 Å². The molecule has 3 aromatic rings. The van der Waals surface area contributed by atoms with Gasteiger partial charge in [0.25, 0.3) is 5.22 Å². The van der Waals surface area contributed by atoms with Crippen LogP contribution >= 0.6 is 34.7 Å². The third-order valence-corrected chi connectivity index (χ3v) is 4.43. The maximum absolute atomic E-state index is 5.85. The molecule has 3 rings (SSSR count). The Morgan fingerprint density at radius 2 is 2.05 bits per heavy atom. The van der Waals surface area contributed by atoms with Gasteiger partial charge in [-0.1, -0.05) is 23.4 Å². The Balaban J connectivity index is 1.69. The molecule has 20 heavy (non-hydrogen) atoms. The van der Waals surface area contributed by atoms with Gasteiger partial charge in [-0.3, -0.25) is 0 Å². The van der Waals surface area contributed by atoms with E-state index in [2.05, 4.69) is 15.2 Å². The number of rotatable bonds is 4. The number of thioether (sulfide) groups is 1. The molecule has 102 valence electrons. The second kappa shape index (κ2) is 5.95. The minimum atomic E-state index is 0.499. The molecule has 0 atom stereocenters. The summed E-state index contributed by atoms with van der Waals surface area (Å²) in [4.78, 5) is 4.39. The van der Waals surface area contributed by atoms with Crippen LogP contribution in [0, 0.1) is 6.92 Å². The van der Waals surface area contributed by atoms with E-state index in [0.717, 1.165) is 22.0 Å². The van der Waals surface area contributed by atoms with Gasteiger partial charge in [0.2, 0.25) is 5.89 Å². The molecule has 0 spiro atoms. The Morgan fingerprint density at radius 3 is 2.75 bits per heavy atom. The van der Waals surface area contributed by atoms with E-state index < -0.39 is 0 Å². The van der Waals surface area contributed by atoms with E-state index in [1.165, 1.54) is 11.8 Å². The maximum atomic E-state index is 5.85. The third kappa shape index (κ3) is 3.20. The van der Waals surface area contributed by atoms with E-state index in [-0.39, 0.29) is 0 Å². The van der Waals surface area contributed by atoms with Gasteiger partial charge in [0.05, 0.1) is 10.7 Å². The number of aromatic nitrogens is 3. The highest BCUT2D eigenvalue weighted by Gasteiger charge is 2.10. The molecule has 0 N–H and O–H groups in total. The van der Waals surface area contributed by atoms with E-state index in [1.807, 2.05) is 24.4 Å². The van der Waals surface area contributed by atoms with Crippen molar-refractivity contribution in [1.82, 2.24) is 15.2 Å². The average molecular weight is 324 g/mol. The van der Waals surface area contributed by atoms with Crippen LogP contribution in [0.4, 0.5) is 0 Å². The smallest absolute Gasteiger partial charge is 0.277 e. The summed E-state index contributed by atoms with van der Waals surface area (Å²) >= 11 is 8.97. The van der Waals surface area contributed by atoms with Crippen LogP contribution in [0.15, 0.2) is 39.3 Å². The van der Waals surface area contributed by atoms with Gasteiger partial charge in [0.1, 0.15) is 0 Å². The largest absolute Gasteiger partial charge is 0.411 e. The van der Waals surface area contributed by atoms with Crippen molar-refractivity contribution in [3.63, 3.8) is 0 Å². The molecule has 2 aromatic heterocycles. The van der Waals surface area contributed by atoms with Gasteiger partial charge >= 0.3 is 0 Å². The fourth-order valence-corrected chi connectivity index (χ4v) is 3.09. The number of aryl methyl sites for hydroxylation is 1. The molecule has 0 saturated carbocycles. The predicted octanol–water partition coefficient (Wildman–Crippen LogP) is 4.45. The van der Waals surface area contributed by atoms with Crippen molar-refractivity contribution in [3.8, 4) is 11.5 Å². The zero-order valence-corrected chi connectivity index (χ0v) is 12.9. The van der Waals surface area contributed by atoms with Gasteiger partial charge in [0.15, 0.2) is 0 Å². The zero-order valence-electron chi connectivity index (χ0n) is 10.5. The third-order valence-electron chi connectivity index (χ3n) is 2.51. The molecule has 1 aromatic carbocycles. The zero-order chi connectivity index (χ0) is 13.9. The highest BCUT2D eigenvalue weighted by Crippen LogP contribution is 2.26. The van der Waals surface area contributed by atoms with Crippen molar-refractivity contribution < 1.29 is 4.42 Å². The lowest BCUT2D eigenvalue weighted by Crippen LogP contribution is -1.80. The molecule has 0 aliphatic rings. The second-order valence-corrected chi connectivity index (χ2v) is 6.45. The predicted molar refractivity (Wildman–Crippen MR) is 81.2 cm³/mol. The Morgan fingerprint density at radius 1 is 1.25 bits per heavy atom. The first-order valence-electron chi connectivity index (χ1n) is 5.84. The lowest BCUT2D eigenvalue weighted by molar-refractivity contribution is 0.466. The average Bonchev–Trinajstić information content (AvgIpc) is 3.06. The number of nitrogens with zero attached hydrogens (tertiary/aromatic N) is 3. The maximum Gasteiger partial charge on any atom is 0.277 e. The lowest BCUT2D eigenvalue weighted by atomic mass is 10.2. The number of thiazole rings is 1. The van der Waals surface area contributed by atoms with Gasteiger partial charge in [-0.05, 0) is 31.2 Å². The summed E-state index contributed by atoms with van der Waals surface area (Å²) in [7, 11) is 0. The summed E-state index contributed by atoms with van der Waals surface area (Å²) in [5.41, 5.74) is 1.89. The van der Waals surface area contributed by atoms with Gasteiger partial charge in [0, 0.05) is 21.7 Å². The van der Waals surface area contributed by atoms with Crippen LogP contribution < -0.4 is 0 Å². The van der Waals surface area contributed by atoms with Gasteiger partial charge < -0.3 is 4.42 Å². The standard InChI is InChI=1S/C13H10ClN3OS2/c1-8-15-11(6-19-8)7-20-13-17-16-12(18-13)9-2-4-10(14)5-3-9/h2-6H,7H2,1H3. The molecule has 0 bridgehead atoms. The number of hydrogen-bond acceptors (Lipinski definition) is 6. The highest BCUT2D eigenvalue weighted by atomic mass is 35.5. The van der Waals surface area contributed by atoms with Crippen molar-refractivity contribution in [1.29, 1.82) is 0 Å². The van der Waals surface area contributed by atoms with Gasteiger partial charge in [-0.25, -0.2) is 4.98 Å². The fourth-order valence-electron chi connectivity index (χ4n) is 1.59. The molecule has 0 aliphatic heterocycles. The van der Waals surface area contributed by atoms with E-state index in [0.29, 0.717) is 16.1 Å². The number of halogens is 1. The molecule has 0 radical (unpaired) electrons. The van der Waals surface area contributed by atoms with E-state index in [9.17, 15) is 0 Å². The van der Waals surface area contributed by atoms with Crippen LogP contribution in [0.3, 0.4) is 0 Å². The Kier molecular flexibility index (Phi) is 4.05. The van der Waals surface area contributed by atoms with Crippen LogP contribution in [0.25, 0.3) is 11.5 Å². The van der Waals surface area contributed by atoms with Crippen molar-refractivity contribution in [2.75, 3.05) is 0 Å². The Labute approximate surface area is 129 Å². The molecule has 2 heterocycles. The topological polar surface area (TPSA) is 51.8 Å². The number of benzene rings is 1. The second-order valence-electron chi connectivity index (χ2n) is 4.03. The highest BCUT2D eigenvalue weighted by molar-refractivity contribution is 7.98. The summed E-state index contributed by atoms with van der Waals surface area (Å²) in [5, 5.41) is 12.4. The number of hydrogen-bond donors (Lipinski definition) is 0. The van der Waals surface area contributed by atoms with E-state index >= 15 is 0 Å². The van der Waals surface area contributed by atoms with Crippen LogP contribution in [0.5, 0.6) is 0 Å². The molecule has 0 saturated heterocycles. The molecular weight excluding hydrogens is 314 g/mol. The molecule has 0 unspecified atom stereocenters. The molecular formula is C13H10ClN3OS2. The Bertz CT molecular complexity index is 708. The van der Waals surface area contributed by atoms with E-state index in [4.69, 9.17) is 16.0 Å². The van der Waals surface area contributed by atoms with Gasteiger partial charge in [-0.2, -0.15) is 0 Å². The quantitative estimate of drug-likeness (QED) is 0.664. The fraction of sp³-hybridized carbons (Fsp3) is 0.154. The first-order valence-corrected chi connectivity index (χ1v) is 8.08. The van der Waals surface area contributed by atoms with Crippen LogP contribution in [-0.4, -0.2) is 15.2 Å². The summed E-state index contributed by atoms with van der Waals surface area (Å²) in [6, 6.07) is 7.31. The SMILES string of the molecule is Cc1nc(CSc2nnc(-c3ccc(Cl)cc3)o2)cs1. The Hall–Kier alpha value is -1.37. The summed E-state index contributed by atoms with van der Waals surface area (Å²) in [6.45, 7) is 1.99. The van der Waals surface area contributed by atoms with Crippen LogP contribution in [0.1, 0.15) is 10.7 Å². The molecule has 4 nitrogen and oxygen atoms in total. The van der Waals surface area contributed by atoms with Crippen molar-refractivity contribution in [2.45, 2.75) is 17.9 Å². The van der Waals surface area contributed by atoms with Crippen molar-refractivity contribution in [2.24, 2.45) is 0 Å². The molecule has 7 heteroatoms. The summed E-state index contributed by atoms with van der Waals surface area (Å²) in [5.74, 6) is 1.23. The minimum Gasteiger partial charge on any atom is -0.411 e. The lowest BCUT2D eigenvalue weighted by Gasteiger charge is -1.94. The summed E-state index contributed by atoms with van der Waals surface area (Å²) < 4.78 is 5.61. The first kappa shape index (κ1) is 13.6. The normalized spacial score (nSPS) is 10.9. The van der Waals surface area contributed by atoms with Gasteiger partial charge in [-0.15, -0.1) is 21.5 Å². The minimum absolute atomic E-state index is 0.499. The monoisotopic (exact) mass is 323 g/mol. The van der Waals surface area contributed by atoms with Crippen LogP contribution in [0.2, 0.25) is 5.02 Å².